The molecular formula is C39H46N4O3. The number of rotatable bonds is 9. The topological polar surface area (TPSA) is 71.2 Å². The molecule has 7 nitrogen and oxygen atoms in total. The highest BCUT2D eigenvalue weighted by molar-refractivity contribution is 5.85. The van der Waals surface area contributed by atoms with Crippen molar-refractivity contribution in [2.24, 2.45) is 5.92 Å². The van der Waals surface area contributed by atoms with Gasteiger partial charge in [-0.2, -0.15) is 0 Å². The predicted octanol–water partition coefficient (Wildman–Crippen LogP) is 9.77. The van der Waals surface area contributed by atoms with Crippen LogP contribution in [0.15, 0.2) is 73.2 Å². The molecule has 46 heavy (non-hydrogen) atoms. The number of aryl methyl sites for hydroxylation is 2. The van der Waals surface area contributed by atoms with Crippen LogP contribution in [0, 0.1) is 12.8 Å². The minimum Gasteiger partial charge on any atom is -0.428 e. The van der Waals surface area contributed by atoms with E-state index in [1.165, 1.54) is 43.2 Å². The van der Waals surface area contributed by atoms with Gasteiger partial charge in [-0.05, 0) is 87.8 Å². The molecule has 1 saturated carbocycles. The van der Waals surface area contributed by atoms with E-state index in [1.807, 2.05) is 45.3 Å². The van der Waals surface area contributed by atoms with E-state index in [-0.39, 0.29) is 0 Å². The van der Waals surface area contributed by atoms with Crippen molar-refractivity contribution in [3.8, 4) is 28.1 Å². The summed E-state index contributed by atoms with van der Waals surface area (Å²) in [4.78, 5) is 22.4. The fraction of sp³-hybridized carbons (Fsp3) is 0.410. The molecule has 0 N–H and O–H groups in total. The maximum atomic E-state index is 12.4. The van der Waals surface area contributed by atoms with Crippen LogP contribution in [-0.2, 0) is 24.2 Å². The second-order valence-corrected chi connectivity index (χ2v) is 13.7. The van der Waals surface area contributed by atoms with Crippen LogP contribution in [0.3, 0.4) is 0 Å². The van der Waals surface area contributed by atoms with Crippen molar-refractivity contribution in [1.82, 2.24) is 19.1 Å². The van der Waals surface area contributed by atoms with Gasteiger partial charge in [0.25, 0.3) is 0 Å². The van der Waals surface area contributed by atoms with E-state index in [9.17, 15) is 4.79 Å². The van der Waals surface area contributed by atoms with Gasteiger partial charge in [0.2, 0.25) is 0 Å². The van der Waals surface area contributed by atoms with E-state index in [4.69, 9.17) is 19.4 Å². The van der Waals surface area contributed by atoms with E-state index in [2.05, 4.69) is 65.6 Å². The molecule has 1 aliphatic rings. The van der Waals surface area contributed by atoms with Crippen molar-refractivity contribution in [2.75, 3.05) is 0 Å². The molecule has 2 aromatic heterocycles. The number of fused-ring (bicyclic) bond motifs is 1. The summed E-state index contributed by atoms with van der Waals surface area (Å²) in [5, 5.41) is 0. The van der Waals surface area contributed by atoms with E-state index in [0.717, 1.165) is 64.5 Å². The molecule has 0 radical (unpaired) electrons. The van der Waals surface area contributed by atoms with Crippen LogP contribution >= 0.6 is 0 Å². The summed E-state index contributed by atoms with van der Waals surface area (Å²) in [6.45, 7) is 11.6. The Morgan fingerprint density at radius 3 is 2.48 bits per heavy atom. The number of imidazole rings is 2. The summed E-state index contributed by atoms with van der Waals surface area (Å²) in [5.41, 5.74) is 7.86. The number of carbonyl (C=O) groups excluding carboxylic acids is 1. The molecule has 0 atom stereocenters. The second kappa shape index (κ2) is 13.5. The molecule has 2 heterocycles. The van der Waals surface area contributed by atoms with Gasteiger partial charge in [0.05, 0.1) is 23.1 Å². The summed E-state index contributed by atoms with van der Waals surface area (Å²) < 4.78 is 15.6. The zero-order chi connectivity index (χ0) is 32.3. The minimum atomic E-state index is -0.710. The van der Waals surface area contributed by atoms with Gasteiger partial charge in [0.15, 0.2) is 0 Å². The standard InChI is InChI=1S/C39H46N4O3/c1-6-12-36-41-37-27(2)21-31(33-25-42(26-40-33)23-28-13-8-7-9-14-28)22-34(37)43(36)24-29-17-19-30(20-18-29)32-15-10-11-16-35(32)45-38(44)46-39(3,4)5/h10-11,15-22,25-26,28H,6-9,12-14,23-24H2,1-5H3. The molecule has 5 aromatic rings. The normalized spacial score (nSPS) is 14.1. The molecule has 0 aliphatic heterocycles. The Labute approximate surface area is 272 Å². The summed E-state index contributed by atoms with van der Waals surface area (Å²) in [6, 6.07) is 20.5. The van der Waals surface area contributed by atoms with Crippen LogP contribution in [0.25, 0.3) is 33.4 Å². The Balaban J connectivity index is 1.26. The summed E-state index contributed by atoms with van der Waals surface area (Å²) in [7, 11) is 0. The lowest BCUT2D eigenvalue weighted by molar-refractivity contribution is 0.0207. The second-order valence-electron chi connectivity index (χ2n) is 13.7. The minimum absolute atomic E-state index is 0.472. The van der Waals surface area contributed by atoms with Gasteiger partial charge in [-0.3, -0.25) is 0 Å². The van der Waals surface area contributed by atoms with E-state index >= 15 is 0 Å². The van der Waals surface area contributed by atoms with Crippen molar-refractivity contribution in [2.45, 2.75) is 98.3 Å². The van der Waals surface area contributed by atoms with Gasteiger partial charge in [-0.1, -0.05) is 68.7 Å². The van der Waals surface area contributed by atoms with Crippen LogP contribution in [0.1, 0.15) is 83.2 Å². The maximum absolute atomic E-state index is 12.4. The molecule has 0 spiro atoms. The lowest BCUT2D eigenvalue weighted by Gasteiger charge is -2.21. The summed E-state index contributed by atoms with van der Waals surface area (Å²) in [5.74, 6) is 2.33. The Bertz CT molecular complexity index is 1800. The quantitative estimate of drug-likeness (QED) is 0.121. The van der Waals surface area contributed by atoms with E-state index in [1.54, 1.807) is 6.07 Å². The van der Waals surface area contributed by atoms with Gasteiger partial charge in [-0.25, -0.2) is 14.8 Å². The first-order valence-corrected chi connectivity index (χ1v) is 16.8. The molecule has 240 valence electrons. The Morgan fingerprint density at radius 1 is 0.978 bits per heavy atom. The van der Waals surface area contributed by atoms with Crippen molar-refractivity contribution >= 4 is 17.2 Å². The number of hydrogen-bond acceptors (Lipinski definition) is 5. The Hall–Kier alpha value is -4.39. The van der Waals surface area contributed by atoms with Gasteiger partial charge in [-0.15, -0.1) is 0 Å². The van der Waals surface area contributed by atoms with Gasteiger partial charge < -0.3 is 18.6 Å². The van der Waals surface area contributed by atoms with Crippen LogP contribution in [0.4, 0.5) is 4.79 Å². The lowest BCUT2D eigenvalue weighted by Crippen LogP contribution is -2.26. The Morgan fingerprint density at radius 2 is 1.74 bits per heavy atom. The van der Waals surface area contributed by atoms with Crippen molar-refractivity contribution in [3.63, 3.8) is 0 Å². The number of aromatic nitrogens is 4. The van der Waals surface area contributed by atoms with Crippen LogP contribution < -0.4 is 4.74 Å². The first-order chi connectivity index (χ1) is 22.2. The molecule has 3 aromatic carbocycles. The fourth-order valence-electron chi connectivity index (χ4n) is 6.58. The number of ether oxygens (including phenoxy) is 2. The molecule has 0 unspecified atom stereocenters. The average Bonchev–Trinajstić information content (AvgIpc) is 3.63. The fourth-order valence-corrected chi connectivity index (χ4v) is 6.58. The molecule has 7 heteroatoms. The Kier molecular flexibility index (Phi) is 9.29. The molecule has 1 aliphatic carbocycles. The highest BCUT2D eigenvalue weighted by atomic mass is 16.7. The predicted molar refractivity (Wildman–Crippen MR) is 184 cm³/mol. The van der Waals surface area contributed by atoms with E-state index < -0.39 is 11.8 Å². The van der Waals surface area contributed by atoms with Crippen LogP contribution in [0.5, 0.6) is 5.75 Å². The monoisotopic (exact) mass is 618 g/mol. The number of para-hydroxylation sites is 1. The van der Waals surface area contributed by atoms with Crippen molar-refractivity contribution in [1.29, 1.82) is 0 Å². The number of carbonyl (C=O) groups is 1. The first kappa shape index (κ1) is 31.6. The molecule has 0 saturated heterocycles. The van der Waals surface area contributed by atoms with Crippen molar-refractivity contribution in [3.05, 3.63) is 90.1 Å². The zero-order valence-electron chi connectivity index (χ0n) is 27.9. The number of nitrogens with zero attached hydrogens (tertiary/aromatic N) is 4. The van der Waals surface area contributed by atoms with E-state index in [0.29, 0.717) is 12.3 Å². The molecular weight excluding hydrogens is 572 g/mol. The molecule has 6 rings (SSSR count). The highest BCUT2D eigenvalue weighted by Gasteiger charge is 2.20. The lowest BCUT2D eigenvalue weighted by atomic mass is 9.89. The smallest absolute Gasteiger partial charge is 0.428 e. The van der Waals surface area contributed by atoms with Crippen LogP contribution in [0.2, 0.25) is 0 Å². The van der Waals surface area contributed by atoms with Gasteiger partial charge in [0.1, 0.15) is 17.2 Å². The summed E-state index contributed by atoms with van der Waals surface area (Å²) in [6.07, 6.45) is 12.2. The van der Waals surface area contributed by atoms with Gasteiger partial charge >= 0.3 is 6.16 Å². The first-order valence-electron chi connectivity index (χ1n) is 16.8. The largest absolute Gasteiger partial charge is 0.514 e. The maximum Gasteiger partial charge on any atom is 0.514 e. The zero-order valence-corrected chi connectivity index (χ0v) is 27.9. The van der Waals surface area contributed by atoms with Crippen LogP contribution in [-0.4, -0.2) is 30.9 Å². The average molecular weight is 619 g/mol. The number of benzene rings is 3. The third kappa shape index (κ3) is 7.35. The number of hydrogen-bond donors (Lipinski definition) is 0. The highest BCUT2D eigenvalue weighted by Crippen LogP contribution is 2.33. The SMILES string of the molecule is CCCc1nc2c(C)cc(-c3cn(CC4CCCCC4)cn3)cc2n1Cc1ccc(-c2ccccc2OC(=O)OC(C)(C)C)cc1. The third-order valence-electron chi connectivity index (χ3n) is 8.80. The third-order valence-corrected chi connectivity index (χ3v) is 8.80. The molecule has 0 amide bonds. The molecule has 1 fully saturated rings. The van der Waals surface area contributed by atoms with Crippen molar-refractivity contribution < 1.29 is 14.3 Å². The summed E-state index contributed by atoms with van der Waals surface area (Å²) >= 11 is 0. The van der Waals surface area contributed by atoms with Gasteiger partial charge in [0, 0.05) is 36.8 Å². The molecule has 0 bridgehead atoms.